The molecule has 0 bridgehead atoms. The van der Waals surface area contributed by atoms with E-state index in [1.165, 1.54) is 18.4 Å². The Labute approximate surface area is 83.3 Å². The minimum Gasteiger partial charge on any atom is -0.349 e. The summed E-state index contributed by atoms with van der Waals surface area (Å²) < 4.78 is 0. The van der Waals surface area contributed by atoms with Gasteiger partial charge < -0.3 is 5.32 Å². The first-order valence-electron chi connectivity index (χ1n) is 5.26. The van der Waals surface area contributed by atoms with Gasteiger partial charge in [-0.1, -0.05) is 24.6 Å². The van der Waals surface area contributed by atoms with Crippen molar-refractivity contribution in [3.8, 4) is 0 Å². The Hall–Kier alpha value is -1.31. The summed E-state index contributed by atoms with van der Waals surface area (Å²) in [4.78, 5) is 11.7. The molecular weight excluding hydrogens is 174 g/mol. The van der Waals surface area contributed by atoms with E-state index < -0.39 is 0 Å². The van der Waals surface area contributed by atoms with E-state index in [1.54, 1.807) is 0 Å². The van der Waals surface area contributed by atoms with E-state index in [0.717, 1.165) is 12.0 Å². The second-order valence-corrected chi connectivity index (χ2v) is 4.20. The molecule has 2 aliphatic rings. The molecule has 2 nitrogen and oxygen atoms in total. The van der Waals surface area contributed by atoms with Crippen LogP contribution in [0.25, 0.3) is 0 Å². The van der Waals surface area contributed by atoms with Crippen LogP contribution < -0.4 is 5.32 Å². The molecule has 14 heavy (non-hydrogen) atoms. The first-order chi connectivity index (χ1) is 6.86. The van der Waals surface area contributed by atoms with Crippen LogP contribution in [-0.2, 0) is 0 Å². The van der Waals surface area contributed by atoms with Gasteiger partial charge in [-0.25, -0.2) is 0 Å². The monoisotopic (exact) mass is 187 g/mol. The van der Waals surface area contributed by atoms with Crippen LogP contribution in [0.5, 0.6) is 0 Å². The quantitative estimate of drug-likeness (QED) is 0.661. The Morgan fingerprint density at radius 1 is 1.21 bits per heavy atom. The Balaban J connectivity index is 2.13. The lowest BCUT2D eigenvalue weighted by Gasteiger charge is -2.28. The minimum atomic E-state index is 0.115. The number of hydrogen-bond donors (Lipinski definition) is 1. The maximum absolute atomic E-state index is 11.7. The van der Waals surface area contributed by atoms with E-state index >= 15 is 0 Å². The molecule has 0 aromatic heterocycles. The molecule has 3 rings (SSSR count). The molecule has 1 aliphatic carbocycles. The van der Waals surface area contributed by atoms with Crippen LogP contribution in [-0.4, -0.2) is 11.9 Å². The highest BCUT2D eigenvalue weighted by Crippen LogP contribution is 2.38. The van der Waals surface area contributed by atoms with Crippen molar-refractivity contribution < 1.29 is 4.79 Å². The molecule has 2 atom stereocenters. The standard InChI is InChI=1S/C12H13NO/c14-12-10-5-2-1-4-8(10)9-6-3-7-11(9)13-12/h1-2,4-5,9,11H,3,6-7H2,(H,13,14). The van der Waals surface area contributed by atoms with Crippen LogP contribution in [0.15, 0.2) is 24.3 Å². The normalized spacial score (nSPS) is 29.3. The number of amides is 1. The van der Waals surface area contributed by atoms with Crippen molar-refractivity contribution >= 4 is 5.91 Å². The third-order valence-corrected chi connectivity index (χ3v) is 3.44. The average Bonchev–Trinajstić information content (AvgIpc) is 2.66. The topological polar surface area (TPSA) is 29.1 Å². The molecule has 1 heterocycles. The Morgan fingerprint density at radius 3 is 3.00 bits per heavy atom. The summed E-state index contributed by atoms with van der Waals surface area (Å²) in [6, 6.07) is 8.41. The summed E-state index contributed by atoms with van der Waals surface area (Å²) >= 11 is 0. The summed E-state index contributed by atoms with van der Waals surface area (Å²) in [5, 5.41) is 3.10. The van der Waals surface area contributed by atoms with Crippen LogP contribution in [0.3, 0.4) is 0 Å². The van der Waals surface area contributed by atoms with Crippen LogP contribution in [0, 0.1) is 0 Å². The molecule has 1 fully saturated rings. The molecule has 1 N–H and O–H groups in total. The third kappa shape index (κ3) is 0.999. The summed E-state index contributed by atoms with van der Waals surface area (Å²) in [7, 11) is 0. The van der Waals surface area contributed by atoms with E-state index in [4.69, 9.17) is 0 Å². The van der Waals surface area contributed by atoms with Crippen LogP contribution in [0.4, 0.5) is 0 Å². The fraction of sp³-hybridized carbons (Fsp3) is 0.417. The average molecular weight is 187 g/mol. The molecule has 1 amide bonds. The largest absolute Gasteiger partial charge is 0.349 e. The summed E-state index contributed by atoms with van der Waals surface area (Å²) in [5.41, 5.74) is 2.15. The zero-order valence-electron chi connectivity index (χ0n) is 7.99. The van der Waals surface area contributed by atoms with Crippen molar-refractivity contribution in [2.75, 3.05) is 0 Å². The smallest absolute Gasteiger partial charge is 0.251 e. The number of nitrogens with one attached hydrogen (secondary N) is 1. The van der Waals surface area contributed by atoms with E-state index in [-0.39, 0.29) is 5.91 Å². The maximum Gasteiger partial charge on any atom is 0.251 e. The Bertz CT molecular complexity index is 386. The lowest BCUT2D eigenvalue weighted by molar-refractivity contribution is 0.0920. The first kappa shape index (κ1) is 8.04. The molecule has 1 aromatic carbocycles. The zero-order valence-corrected chi connectivity index (χ0v) is 7.99. The molecule has 1 saturated carbocycles. The van der Waals surface area contributed by atoms with Crippen molar-refractivity contribution in [2.24, 2.45) is 0 Å². The van der Waals surface area contributed by atoms with Gasteiger partial charge in [0.05, 0.1) is 0 Å². The molecule has 1 aromatic rings. The number of carbonyl (C=O) groups is 1. The highest BCUT2D eigenvalue weighted by molar-refractivity contribution is 5.97. The zero-order chi connectivity index (χ0) is 9.54. The molecule has 1 aliphatic heterocycles. The van der Waals surface area contributed by atoms with Gasteiger partial charge in [-0.15, -0.1) is 0 Å². The van der Waals surface area contributed by atoms with Crippen LogP contribution in [0.2, 0.25) is 0 Å². The Morgan fingerprint density at radius 2 is 2.07 bits per heavy atom. The molecule has 72 valence electrons. The fourth-order valence-electron chi connectivity index (χ4n) is 2.78. The van der Waals surface area contributed by atoms with Gasteiger partial charge in [0.15, 0.2) is 0 Å². The number of rotatable bonds is 0. The van der Waals surface area contributed by atoms with E-state index in [2.05, 4.69) is 11.4 Å². The van der Waals surface area contributed by atoms with Gasteiger partial charge in [0.25, 0.3) is 5.91 Å². The molecular formula is C12H13NO. The van der Waals surface area contributed by atoms with Gasteiger partial charge >= 0.3 is 0 Å². The highest BCUT2D eigenvalue weighted by atomic mass is 16.1. The minimum absolute atomic E-state index is 0.115. The van der Waals surface area contributed by atoms with Crippen LogP contribution >= 0.6 is 0 Å². The second-order valence-electron chi connectivity index (χ2n) is 4.20. The van der Waals surface area contributed by atoms with Gasteiger partial charge in [0, 0.05) is 17.5 Å². The summed E-state index contributed by atoms with van der Waals surface area (Å²) in [6.45, 7) is 0. The van der Waals surface area contributed by atoms with Gasteiger partial charge in [-0.05, 0) is 24.5 Å². The van der Waals surface area contributed by atoms with Crippen molar-refractivity contribution in [1.29, 1.82) is 0 Å². The van der Waals surface area contributed by atoms with Gasteiger partial charge in [-0.2, -0.15) is 0 Å². The van der Waals surface area contributed by atoms with Gasteiger partial charge in [0.2, 0.25) is 0 Å². The Kier molecular flexibility index (Phi) is 1.63. The number of hydrogen-bond acceptors (Lipinski definition) is 1. The first-order valence-corrected chi connectivity index (χ1v) is 5.26. The molecule has 0 radical (unpaired) electrons. The second kappa shape index (κ2) is 2.84. The summed E-state index contributed by atoms with van der Waals surface area (Å²) in [6.07, 6.45) is 3.61. The van der Waals surface area contributed by atoms with Gasteiger partial charge in [-0.3, -0.25) is 4.79 Å². The van der Waals surface area contributed by atoms with Crippen molar-refractivity contribution in [3.63, 3.8) is 0 Å². The molecule has 2 unspecified atom stereocenters. The summed E-state index contributed by atoms with van der Waals surface area (Å²) in [5.74, 6) is 0.688. The number of carbonyl (C=O) groups excluding carboxylic acids is 1. The SMILES string of the molecule is O=C1NC2CCCC2c2ccccc21. The lowest BCUT2D eigenvalue weighted by Crippen LogP contribution is -2.41. The molecule has 2 heteroatoms. The highest BCUT2D eigenvalue weighted by Gasteiger charge is 2.36. The lowest BCUT2D eigenvalue weighted by atomic mass is 9.86. The van der Waals surface area contributed by atoms with Gasteiger partial charge in [0.1, 0.15) is 0 Å². The molecule has 0 saturated heterocycles. The van der Waals surface area contributed by atoms with Crippen molar-refractivity contribution in [3.05, 3.63) is 35.4 Å². The fourth-order valence-corrected chi connectivity index (χ4v) is 2.78. The molecule has 0 spiro atoms. The van der Waals surface area contributed by atoms with Crippen molar-refractivity contribution in [2.45, 2.75) is 31.2 Å². The third-order valence-electron chi connectivity index (χ3n) is 3.44. The van der Waals surface area contributed by atoms with E-state index in [9.17, 15) is 4.79 Å². The van der Waals surface area contributed by atoms with Crippen LogP contribution in [0.1, 0.15) is 41.1 Å². The predicted octanol–water partition coefficient (Wildman–Crippen LogP) is 2.07. The predicted molar refractivity (Wildman–Crippen MR) is 54.3 cm³/mol. The van der Waals surface area contributed by atoms with Crippen molar-refractivity contribution in [1.82, 2.24) is 5.32 Å². The maximum atomic E-state index is 11.7. The van der Waals surface area contributed by atoms with E-state index in [0.29, 0.717) is 12.0 Å². The van der Waals surface area contributed by atoms with E-state index in [1.807, 2.05) is 18.2 Å². The number of fused-ring (bicyclic) bond motifs is 3. The number of benzene rings is 1.